The summed E-state index contributed by atoms with van der Waals surface area (Å²) in [7, 11) is 0. The molecule has 1 aliphatic rings. The van der Waals surface area contributed by atoms with E-state index >= 15 is 0 Å². The molecule has 0 aliphatic heterocycles. The summed E-state index contributed by atoms with van der Waals surface area (Å²) in [6.07, 6.45) is 3.42. The van der Waals surface area contributed by atoms with Gasteiger partial charge in [0, 0.05) is 31.3 Å². The molecule has 2 aromatic rings. The van der Waals surface area contributed by atoms with E-state index in [0.29, 0.717) is 19.4 Å². The minimum absolute atomic E-state index is 0.00722. The predicted octanol–water partition coefficient (Wildman–Crippen LogP) is 4.85. The van der Waals surface area contributed by atoms with Crippen LogP contribution in [0.1, 0.15) is 68.9 Å². The molecule has 2 amide bonds. The summed E-state index contributed by atoms with van der Waals surface area (Å²) in [5, 5.41) is 14.4. The maximum atomic E-state index is 12.6. The number of fused-ring (bicyclic) bond motifs is 3. The minimum Gasteiger partial charge on any atom is -0.481 e. The standard InChI is InChI=1S/C27H34N2O5/c1-2-10-19(17-25(30)28-16-9-3-4-15-26(31)32)29-27(33)34-18-24-22-13-7-5-11-20(22)21-12-6-8-14-23(21)24/h5-8,11-14,19,24H,2-4,9-10,15-18H2,1H3,(H,28,30)(H,29,33)(H,31,32)/t19-/m0/s1. The van der Waals surface area contributed by atoms with Crippen LogP contribution in [-0.2, 0) is 14.3 Å². The second-order valence-electron chi connectivity index (χ2n) is 8.71. The second-order valence-corrected chi connectivity index (χ2v) is 8.71. The molecular formula is C27H34N2O5. The molecule has 0 spiro atoms. The number of nitrogens with one attached hydrogen (secondary N) is 2. The first kappa shape index (κ1) is 25.3. The van der Waals surface area contributed by atoms with Crippen LogP contribution in [0.15, 0.2) is 48.5 Å². The van der Waals surface area contributed by atoms with Crippen molar-refractivity contribution < 1.29 is 24.2 Å². The van der Waals surface area contributed by atoms with E-state index in [1.807, 2.05) is 31.2 Å². The van der Waals surface area contributed by atoms with Crippen molar-refractivity contribution in [2.24, 2.45) is 0 Å². The van der Waals surface area contributed by atoms with Crippen molar-refractivity contribution in [2.45, 2.75) is 63.8 Å². The van der Waals surface area contributed by atoms with Crippen LogP contribution in [0.5, 0.6) is 0 Å². The number of hydrogen-bond donors (Lipinski definition) is 3. The van der Waals surface area contributed by atoms with Crippen molar-refractivity contribution in [1.82, 2.24) is 10.6 Å². The number of benzene rings is 2. The lowest BCUT2D eigenvalue weighted by atomic mass is 9.98. The van der Waals surface area contributed by atoms with Gasteiger partial charge in [0.2, 0.25) is 5.91 Å². The van der Waals surface area contributed by atoms with Gasteiger partial charge < -0.3 is 20.5 Å². The molecule has 0 bridgehead atoms. The van der Waals surface area contributed by atoms with Gasteiger partial charge in [-0.1, -0.05) is 68.3 Å². The third kappa shape index (κ3) is 7.07. The summed E-state index contributed by atoms with van der Waals surface area (Å²) in [5.74, 6) is -0.936. The number of unbranched alkanes of at least 4 members (excludes halogenated alkanes) is 2. The highest BCUT2D eigenvalue weighted by Gasteiger charge is 2.29. The smallest absolute Gasteiger partial charge is 0.407 e. The highest BCUT2D eigenvalue weighted by molar-refractivity contribution is 5.79. The number of carbonyl (C=O) groups is 3. The highest BCUT2D eigenvalue weighted by Crippen LogP contribution is 2.44. The number of ether oxygens (including phenoxy) is 1. The van der Waals surface area contributed by atoms with Crippen LogP contribution in [0.25, 0.3) is 11.1 Å². The Bertz CT molecular complexity index is 945. The van der Waals surface area contributed by atoms with E-state index in [9.17, 15) is 14.4 Å². The zero-order chi connectivity index (χ0) is 24.3. The van der Waals surface area contributed by atoms with Crippen molar-refractivity contribution in [3.8, 4) is 11.1 Å². The Hall–Kier alpha value is -3.35. The molecule has 3 N–H and O–H groups in total. The number of carbonyl (C=O) groups excluding carboxylic acids is 2. The number of aliphatic carboxylic acids is 1. The quantitative estimate of drug-likeness (QED) is 0.366. The van der Waals surface area contributed by atoms with Gasteiger partial charge in [0.05, 0.1) is 0 Å². The van der Waals surface area contributed by atoms with Crippen LogP contribution >= 0.6 is 0 Å². The van der Waals surface area contributed by atoms with Crippen molar-refractivity contribution in [1.29, 1.82) is 0 Å². The lowest BCUT2D eigenvalue weighted by Gasteiger charge is -2.19. The molecule has 0 fully saturated rings. The summed E-state index contributed by atoms with van der Waals surface area (Å²) in [4.78, 5) is 35.4. The first-order valence-electron chi connectivity index (χ1n) is 12.1. The Morgan fingerprint density at radius 3 is 2.24 bits per heavy atom. The van der Waals surface area contributed by atoms with Crippen LogP contribution in [0.2, 0.25) is 0 Å². The Balaban J connectivity index is 1.46. The van der Waals surface area contributed by atoms with E-state index in [2.05, 4.69) is 34.9 Å². The average Bonchev–Trinajstić information content (AvgIpc) is 3.13. The van der Waals surface area contributed by atoms with Gasteiger partial charge in [0.25, 0.3) is 0 Å². The fourth-order valence-corrected chi connectivity index (χ4v) is 4.48. The molecule has 0 radical (unpaired) electrons. The average molecular weight is 467 g/mol. The summed E-state index contributed by atoms with van der Waals surface area (Å²) < 4.78 is 5.61. The molecule has 1 aliphatic carbocycles. The molecule has 3 rings (SSSR count). The first-order valence-corrected chi connectivity index (χ1v) is 12.1. The van der Waals surface area contributed by atoms with E-state index in [1.54, 1.807) is 0 Å². The molecule has 0 heterocycles. The largest absolute Gasteiger partial charge is 0.481 e. The Kier molecular flexibility index (Phi) is 9.50. The van der Waals surface area contributed by atoms with Gasteiger partial charge in [-0.2, -0.15) is 0 Å². The van der Waals surface area contributed by atoms with E-state index < -0.39 is 12.1 Å². The minimum atomic E-state index is -0.800. The van der Waals surface area contributed by atoms with E-state index in [1.165, 1.54) is 11.1 Å². The van der Waals surface area contributed by atoms with Crippen molar-refractivity contribution in [2.75, 3.05) is 13.2 Å². The highest BCUT2D eigenvalue weighted by atomic mass is 16.5. The fraction of sp³-hybridized carbons (Fsp3) is 0.444. The summed E-state index contributed by atoms with van der Waals surface area (Å²) in [6, 6.07) is 16.1. The third-order valence-corrected chi connectivity index (χ3v) is 6.12. The van der Waals surface area contributed by atoms with Crippen LogP contribution in [0, 0.1) is 0 Å². The van der Waals surface area contributed by atoms with E-state index in [4.69, 9.17) is 9.84 Å². The normalized spacial score (nSPS) is 13.0. The molecule has 0 unspecified atom stereocenters. The Morgan fingerprint density at radius 1 is 0.971 bits per heavy atom. The third-order valence-electron chi connectivity index (χ3n) is 6.12. The molecule has 182 valence electrons. The van der Waals surface area contributed by atoms with Crippen LogP contribution in [-0.4, -0.2) is 42.3 Å². The van der Waals surface area contributed by atoms with Crippen molar-refractivity contribution in [3.05, 3.63) is 59.7 Å². The van der Waals surface area contributed by atoms with Gasteiger partial charge >= 0.3 is 12.1 Å². The summed E-state index contributed by atoms with van der Waals surface area (Å²) >= 11 is 0. The van der Waals surface area contributed by atoms with Gasteiger partial charge in [-0.25, -0.2) is 4.79 Å². The maximum absolute atomic E-state index is 12.6. The SMILES string of the molecule is CCC[C@@H](CC(=O)NCCCCCC(=O)O)NC(=O)OCC1c2ccccc2-c2ccccc21. The van der Waals surface area contributed by atoms with Gasteiger partial charge in [0.15, 0.2) is 0 Å². The predicted molar refractivity (Wildman–Crippen MR) is 131 cm³/mol. The number of amides is 2. The van der Waals surface area contributed by atoms with Crippen LogP contribution < -0.4 is 10.6 Å². The Labute approximate surface area is 200 Å². The second kappa shape index (κ2) is 12.8. The number of alkyl carbamates (subject to hydrolysis) is 1. The number of carboxylic acid groups (broad SMARTS) is 1. The zero-order valence-corrected chi connectivity index (χ0v) is 19.7. The topological polar surface area (TPSA) is 105 Å². The van der Waals surface area contributed by atoms with Gasteiger partial charge in [0.1, 0.15) is 6.61 Å². The number of hydrogen-bond acceptors (Lipinski definition) is 4. The number of rotatable bonds is 13. The molecule has 0 aromatic heterocycles. The van der Waals surface area contributed by atoms with Crippen LogP contribution in [0.4, 0.5) is 4.79 Å². The van der Waals surface area contributed by atoms with Crippen molar-refractivity contribution in [3.63, 3.8) is 0 Å². The molecule has 0 saturated heterocycles. The molecule has 1 atom stereocenters. The molecule has 2 aromatic carbocycles. The molecule has 0 saturated carbocycles. The van der Waals surface area contributed by atoms with Gasteiger partial charge in [-0.05, 0) is 41.5 Å². The summed E-state index contributed by atoms with van der Waals surface area (Å²) in [6.45, 7) is 2.75. The maximum Gasteiger partial charge on any atom is 0.407 e. The Morgan fingerprint density at radius 2 is 1.62 bits per heavy atom. The van der Waals surface area contributed by atoms with E-state index in [0.717, 1.165) is 30.4 Å². The molecular weight excluding hydrogens is 432 g/mol. The summed E-state index contributed by atoms with van der Waals surface area (Å²) in [5.41, 5.74) is 4.67. The van der Waals surface area contributed by atoms with Gasteiger partial charge in [-0.15, -0.1) is 0 Å². The van der Waals surface area contributed by atoms with Crippen LogP contribution in [0.3, 0.4) is 0 Å². The fourth-order valence-electron chi connectivity index (χ4n) is 4.48. The molecule has 34 heavy (non-hydrogen) atoms. The first-order chi connectivity index (χ1) is 16.5. The van der Waals surface area contributed by atoms with Crippen molar-refractivity contribution >= 4 is 18.0 Å². The molecule has 7 heteroatoms. The number of carboxylic acids is 1. The van der Waals surface area contributed by atoms with E-state index in [-0.39, 0.29) is 37.3 Å². The molecule has 7 nitrogen and oxygen atoms in total. The zero-order valence-electron chi connectivity index (χ0n) is 19.7. The monoisotopic (exact) mass is 466 g/mol. The van der Waals surface area contributed by atoms with Gasteiger partial charge in [-0.3, -0.25) is 9.59 Å². The lowest BCUT2D eigenvalue weighted by molar-refractivity contribution is -0.137. The lowest BCUT2D eigenvalue weighted by Crippen LogP contribution is -2.40.